The molecule has 0 unspecified atom stereocenters. The van der Waals surface area contributed by atoms with Crippen molar-refractivity contribution in [2.45, 2.75) is 20.3 Å². The van der Waals surface area contributed by atoms with Gasteiger partial charge in [-0.3, -0.25) is 0 Å². The van der Waals surface area contributed by atoms with Gasteiger partial charge in [-0.2, -0.15) is 0 Å². The Morgan fingerprint density at radius 2 is 2.25 bits per heavy atom. The zero-order valence-corrected chi connectivity index (χ0v) is 8.22. The molecule has 1 rings (SSSR count). The van der Waals surface area contributed by atoms with Gasteiger partial charge in [0.1, 0.15) is 0 Å². The van der Waals surface area contributed by atoms with Crippen LogP contribution in [-0.4, -0.2) is 18.5 Å². The first-order valence-corrected chi connectivity index (χ1v) is 4.36. The van der Waals surface area contributed by atoms with Crippen LogP contribution in [0.15, 0.2) is 35.6 Å². The molecule has 1 heteroatoms. The first-order chi connectivity index (χ1) is 5.65. The lowest BCUT2D eigenvalue weighted by molar-refractivity contribution is 0.471. The van der Waals surface area contributed by atoms with Gasteiger partial charge in [0.2, 0.25) is 0 Å². The molecule has 0 aromatic rings. The van der Waals surface area contributed by atoms with E-state index in [-0.39, 0.29) is 0 Å². The molecule has 0 aromatic carbocycles. The second kappa shape index (κ2) is 3.61. The average Bonchev–Trinajstić information content (AvgIpc) is 2.35. The fraction of sp³-hybridized carbons (Fsp3) is 0.455. The van der Waals surface area contributed by atoms with E-state index in [1.54, 1.807) is 0 Å². The van der Waals surface area contributed by atoms with Gasteiger partial charge in [-0.05, 0) is 37.5 Å². The zero-order chi connectivity index (χ0) is 9.14. The summed E-state index contributed by atoms with van der Waals surface area (Å²) in [6, 6.07) is 0. The molecule has 0 saturated carbocycles. The summed E-state index contributed by atoms with van der Waals surface area (Å²) in [6.07, 6.45) is 5.30. The number of nitrogens with zero attached hydrogens (tertiary/aromatic N) is 1. The number of hydrogen-bond donors (Lipinski definition) is 0. The molecule has 0 aliphatic carbocycles. The van der Waals surface area contributed by atoms with Crippen molar-refractivity contribution < 1.29 is 0 Å². The van der Waals surface area contributed by atoms with E-state index in [4.69, 9.17) is 0 Å². The Labute approximate surface area is 75.1 Å². The summed E-state index contributed by atoms with van der Waals surface area (Å²) in [6.45, 7) is 9.18. The minimum atomic E-state index is 1.15. The smallest absolute Gasteiger partial charge is 0.0356 e. The molecular weight excluding hydrogens is 146 g/mol. The van der Waals surface area contributed by atoms with E-state index in [0.29, 0.717) is 0 Å². The Morgan fingerprint density at radius 3 is 2.67 bits per heavy atom. The van der Waals surface area contributed by atoms with Crippen molar-refractivity contribution in [1.29, 1.82) is 0 Å². The molecule has 66 valence electrons. The van der Waals surface area contributed by atoms with Crippen molar-refractivity contribution in [3.8, 4) is 0 Å². The monoisotopic (exact) mass is 163 g/mol. The molecule has 0 atom stereocenters. The van der Waals surface area contributed by atoms with Gasteiger partial charge < -0.3 is 4.90 Å². The summed E-state index contributed by atoms with van der Waals surface area (Å²) in [4.78, 5) is 2.29. The largest absolute Gasteiger partial charge is 0.374 e. The SMILES string of the molecule is C=C/C(C)=C\C1=C(C)CCN1C. The van der Waals surface area contributed by atoms with Crippen LogP contribution >= 0.6 is 0 Å². The molecule has 0 radical (unpaired) electrons. The highest BCUT2D eigenvalue weighted by molar-refractivity contribution is 5.32. The topological polar surface area (TPSA) is 3.24 Å². The molecule has 0 fully saturated rings. The summed E-state index contributed by atoms with van der Waals surface area (Å²) in [5, 5.41) is 0. The Morgan fingerprint density at radius 1 is 1.58 bits per heavy atom. The van der Waals surface area contributed by atoms with E-state index < -0.39 is 0 Å². The second-order valence-corrected chi connectivity index (χ2v) is 3.43. The quantitative estimate of drug-likeness (QED) is 0.566. The Kier molecular flexibility index (Phi) is 2.74. The predicted molar refractivity (Wildman–Crippen MR) is 53.9 cm³/mol. The third-order valence-electron chi connectivity index (χ3n) is 2.36. The third kappa shape index (κ3) is 1.79. The van der Waals surface area contributed by atoms with Gasteiger partial charge >= 0.3 is 0 Å². The first-order valence-electron chi connectivity index (χ1n) is 4.36. The highest BCUT2D eigenvalue weighted by Crippen LogP contribution is 2.22. The molecule has 0 spiro atoms. The van der Waals surface area contributed by atoms with Crippen LogP contribution in [0.2, 0.25) is 0 Å². The van der Waals surface area contributed by atoms with Gasteiger partial charge in [0.05, 0.1) is 0 Å². The van der Waals surface area contributed by atoms with Crippen LogP contribution in [0.1, 0.15) is 20.3 Å². The van der Waals surface area contributed by atoms with Gasteiger partial charge in [-0.15, -0.1) is 0 Å². The second-order valence-electron chi connectivity index (χ2n) is 3.43. The molecule has 0 N–H and O–H groups in total. The molecule has 0 bridgehead atoms. The van der Waals surface area contributed by atoms with Crippen molar-refractivity contribution in [2.24, 2.45) is 0 Å². The van der Waals surface area contributed by atoms with Gasteiger partial charge in [-0.25, -0.2) is 0 Å². The van der Waals surface area contributed by atoms with Crippen LogP contribution in [0, 0.1) is 0 Å². The Hall–Kier alpha value is -0.980. The first kappa shape index (κ1) is 9.11. The van der Waals surface area contributed by atoms with E-state index in [2.05, 4.69) is 38.5 Å². The van der Waals surface area contributed by atoms with Gasteiger partial charge in [0.15, 0.2) is 0 Å². The van der Waals surface area contributed by atoms with Gasteiger partial charge in [0, 0.05) is 19.3 Å². The molecule has 1 nitrogen and oxygen atoms in total. The lowest BCUT2D eigenvalue weighted by Crippen LogP contribution is -2.11. The lowest BCUT2D eigenvalue weighted by Gasteiger charge is -2.13. The van der Waals surface area contributed by atoms with Crippen LogP contribution in [-0.2, 0) is 0 Å². The van der Waals surface area contributed by atoms with E-state index in [1.807, 2.05) is 6.08 Å². The molecule has 0 saturated heterocycles. The van der Waals surface area contributed by atoms with Crippen molar-refractivity contribution in [1.82, 2.24) is 4.90 Å². The summed E-state index contributed by atoms with van der Waals surface area (Å²) in [5.41, 5.74) is 4.09. The highest BCUT2D eigenvalue weighted by Gasteiger charge is 2.13. The number of rotatable bonds is 2. The van der Waals surface area contributed by atoms with Crippen molar-refractivity contribution in [3.05, 3.63) is 35.6 Å². The van der Waals surface area contributed by atoms with Crippen molar-refractivity contribution in [2.75, 3.05) is 13.6 Å². The van der Waals surface area contributed by atoms with Crippen molar-refractivity contribution in [3.63, 3.8) is 0 Å². The van der Waals surface area contributed by atoms with Crippen LogP contribution in [0.5, 0.6) is 0 Å². The number of hydrogen-bond acceptors (Lipinski definition) is 1. The molecule has 1 heterocycles. The lowest BCUT2D eigenvalue weighted by atomic mass is 10.2. The fourth-order valence-electron chi connectivity index (χ4n) is 1.42. The maximum Gasteiger partial charge on any atom is 0.0356 e. The minimum Gasteiger partial charge on any atom is -0.374 e. The molecule has 0 amide bonds. The molecule has 0 aromatic heterocycles. The third-order valence-corrected chi connectivity index (χ3v) is 2.36. The van der Waals surface area contributed by atoms with Gasteiger partial charge in [-0.1, -0.05) is 12.7 Å². The summed E-state index contributed by atoms with van der Waals surface area (Å²) >= 11 is 0. The summed E-state index contributed by atoms with van der Waals surface area (Å²) in [5.74, 6) is 0. The van der Waals surface area contributed by atoms with Gasteiger partial charge in [0.25, 0.3) is 0 Å². The van der Waals surface area contributed by atoms with Crippen LogP contribution < -0.4 is 0 Å². The fourth-order valence-corrected chi connectivity index (χ4v) is 1.42. The molecule has 1 aliphatic heterocycles. The van der Waals surface area contributed by atoms with E-state index in [9.17, 15) is 0 Å². The standard InChI is InChI=1S/C11H17N/c1-5-9(2)8-11-10(3)6-7-12(11)4/h5,8H,1,6-7H2,2-4H3/b9-8-. The van der Waals surface area contributed by atoms with E-state index >= 15 is 0 Å². The molecular formula is C11H17N. The Bertz CT molecular complexity index is 246. The maximum atomic E-state index is 3.74. The van der Waals surface area contributed by atoms with Crippen LogP contribution in [0.25, 0.3) is 0 Å². The summed E-state index contributed by atoms with van der Waals surface area (Å²) in [7, 11) is 2.14. The van der Waals surface area contributed by atoms with E-state index in [0.717, 1.165) is 6.54 Å². The number of allylic oxidation sites excluding steroid dienone is 3. The average molecular weight is 163 g/mol. The Balaban J connectivity index is 2.87. The van der Waals surface area contributed by atoms with Crippen LogP contribution in [0.3, 0.4) is 0 Å². The predicted octanol–water partition coefficient (Wildman–Crippen LogP) is 2.73. The van der Waals surface area contributed by atoms with Crippen LogP contribution in [0.4, 0.5) is 0 Å². The number of likely N-dealkylation sites (N-methyl/N-ethyl adjacent to an activating group) is 1. The highest BCUT2D eigenvalue weighted by atomic mass is 15.1. The minimum absolute atomic E-state index is 1.15. The zero-order valence-electron chi connectivity index (χ0n) is 8.22. The molecule has 12 heavy (non-hydrogen) atoms. The molecule has 1 aliphatic rings. The van der Waals surface area contributed by atoms with Crippen molar-refractivity contribution >= 4 is 0 Å². The normalized spacial score (nSPS) is 18.9. The maximum absolute atomic E-state index is 3.74. The summed E-state index contributed by atoms with van der Waals surface area (Å²) < 4.78 is 0. The van der Waals surface area contributed by atoms with E-state index in [1.165, 1.54) is 23.3 Å².